The normalized spacial score (nSPS) is 15.8. The smallest absolute Gasteiger partial charge is 0.312 e. The van der Waals surface area contributed by atoms with Crippen molar-refractivity contribution in [2.24, 2.45) is 17.8 Å². The summed E-state index contributed by atoms with van der Waals surface area (Å²) in [5.74, 6) is -4.96. The molecule has 0 bridgehead atoms. The van der Waals surface area contributed by atoms with Gasteiger partial charge in [-0.3, -0.25) is 9.59 Å². The summed E-state index contributed by atoms with van der Waals surface area (Å²) in [6.45, 7) is 8.96. The van der Waals surface area contributed by atoms with Crippen molar-refractivity contribution in [1.82, 2.24) is 0 Å². The Labute approximate surface area is 225 Å². The van der Waals surface area contributed by atoms with Gasteiger partial charge in [0.2, 0.25) is 0 Å². The average Bonchev–Trinajstić information content (AvgIpc) is 2.86. The number of unbranched alkanes of at least 4 members (excludes halogenated alkanes) is 9. The molecule has 37 heavy (non-hydrogen) atoms. The number of nitrogens with zero attached hydrogens (tertiary/aromatic N) is 1. The van der Waals surface area contributed by atoms with Crippen molar-refractivity contribution in [3.05, 3.63) is 12.2 Å². The minimum atomic E-state index is -1.14. The fraction of sp³-hybridized carbons (Fsp3) is 0.833. The molecule has 3 unspecified atom stereocenters. The first-order valence-corrected chi connectivity index (χ1v) is 14.8. The topological polar surface area (TPSA) is 115 Å². The average molecular weight is 526 g/mol. The number of hydrogen-bond acceptors (Lipinski definition) is 4. The van der Waals surface area contributed by atoms with Crippen LogP contribution in [0.1, 0.15) is 118 Å². The molecular formula is C30H55NO6. The van der Waals surface area contributed by atoms with Gasteiger partial charge in [-0.25, -0.2) is 0 Å². The molecule has 7 nitrogen and oxygen atoms in total. The first-order valence-electron chi connectivity index (χ1n) is 14.8. The highest BCUT2D eigenvalue weighted by atomic mass is 16.4. The Kier molecular flexibility index (Phi) is 20.0. The van der Waals surface area contributed by atoms with Gasteiger partial charge < -0.3 is 24.6 Å². The van der Waals surface area contributed by atoms with Gasteiger partial charge in [-0.15, -0.1) is 0 Å². The van der Waals surface area contributed by atoms with E-state index in [1.165, 1.54) is 38.5 Å². The molecule has 0 aliphatic heterocycles. The van der Waals surface area contributed by atoms with Gasteiger partial charge in [-0.05, 0) is 51.4 Å². The van der Waals surface area contributed by atoms with Gasteiger partial charge in [0, 0.05) is 5.92 Å². The molecule has 3 atom stereocenters. The minimum absolute atomic E-state index is 0.215. The van der Waals surface area contributed by atoms with Crippen molar-refractivity contribution < 1.29 is 34.2 Å². The van der Waals surface area contributed by atoms with E-state index >= 15 is 0 Å². The molecule has 0 fully saturated rings. The fourth-order valence-corrected chi connectivity index (χ4v) is 5.18. The van der Waals surface area contributed by atoms with Crippen LogP contribution in [0, 0.1) is 17.8 Å². The monoisotopic (exact) mass is 525 g/mol. The van der Waals surface area contributed by atoms with Gasteiger partial charge in [0.1, 0.15) is 11.8 Å². The number of carboxylic acid groups (broad SMARTS) is 3. The van der Waals surface area contributed by atoms with Gasteiger partial charge in [0.25, 0.3) is 0 Å². The highest BCUT2D eigenvalue weighted by Gasteiger charge is 2.39. The van der Waals surface area contributed by atoms with E-state index in [2.05, 4.69) is 19.1 Å². The van der Waals surface area contributed by atoms with E-state index in [1.807, 2.05) is 13.8 Å². The zero-order valence-electron chi connectivity index (χ0n) is 24.1. The third kappa shape index (κ3) is 15.8. The van der Waals surface area contributed by atoms with Gasteiger partial charge in [-0.2, -0.15) is 0 Å². The Hall–Kier alpha value is -1.89. The molecule has 0 amide bonds. The van der Waals surface area contributed by atoms with Crippen LogP contribution in [0.2, 0.25) is 0 Å². The number of carbonyl (C=O) groups is 3. The van der Waals surface area contributed by atoms with Crippen molar-refractivity contribution in [2.45, 2.75) is 118 Å². The predicted octanol–water partition coefficient (Wildman–Crippen LogP) is 5.67. The Balaban J connectivity index is 5.15. The number of hydrogen-bond donors (Lipinski definition) is 2. The zero-order valence-corrected chi connectivity index (χ0v) is 24.1. The Morgan fingerprint density at radius 2 is 1.05 bits per heavy atom. The lowest BCUT2D eigenvalue weighted by Gasteiger charge is -2.44. The van der Waals surface area contributed by atoms with Crippen LogP contribution in [0.15, 0.2) is 12.2 Å². The van der Waals surface area contributed by atoms with E-state index in [-0.39, 0.29) is 24.1 Å². The lowest BCUT2D eigenvalue weighted by molar-refractivity contribution is -0.935. The molecule has 0 aromatic rings. The van der Waals surface area contributed by atoms with Crippen molar-refractivity contribution in [1.29, 1.82) is 0 Å². The molecule has 2 N–H and O–H groups in total. The molecule has 0 aromatic carbocycles. The first-order chi connectivity index (χ1) is 17.7. The van der Waals surface area contributed by atoms with Crippen molar-refractivity contribution in [2.75, 3.05) is 26.2 Å². The Morgan fingerprint density at radius 3 is 1.46 bits per heavy atom. The maximum Gasteiger partial charge on any atom is 0.312 e. The summed E-state index contributed by atoms with van der Waals surface area (Å²) in [4.78, 5) is 35.7. The quantitative estimate of drug-likeness (QED) is 0.0902. The van der Waals surface area contributed by atoms with Crippen LogP contribution in [0.25, 0.3) is 0 Å². The summed E-state index contributed by atoms with van der Waals surface area (Å²) in [5, 5.41) is 31.3. The second-order valence-electron chi connectivity index (χ2n) is 10.8. The molecule has 216 valence electrons. The largest absolute Gasteiger partial charge is 0.550 e. The second-order valence-corrected chi connectivity index (χ2v) is 10.8. The summed E-state index contributed by atoms with van der Waals surface area (Å²) in [5.41, 5.74) is 0. The highest BCUT2D eigenvalue weighted by molar-refractivity contribution is 5.70. The molecule has 0 heterocycles. The summed E-state index contributed by atoms with van der Waals surface area (Å²) in [6.07, 6.45) is 18.3. The summed E-state index contributed by atoms with van der Waals surface area (Å²) in [6, 6.07) is 0. The second kappa shape index (κ2) is 21.1. The van der Waals surface area contributed by atoms with E-state index in [0.29, 0.717) is 25.8 Å². The summed E-state index contributed by atoms with van der Waals surface area (Å²) in [7, 11) is 0. The van der Waals surface area contributed by atoms with Gasteiger partial charge >= 0.3 is 11.9 Å². The maximum absolute atomic E-state index is 11.9. The van der Waals surface area contributed by atoms with Crippen molar-refractivity contribution in [3.8, 4) is 0 Å². The van der Waals surface area contributed by atoms with Crippen molar-refractivity contribution >= 4 is 17.9 Å². The van der Waals surface area contributed by atoms with Gasteiger partial charge in [-0.1, -0.05) is 78.4 Å². The zero-order chi connectivity index (χ0) is 28.1. The lowest BCUT2D eigenvalue weighted by atomic mass is 9.95. The van der Waals surface area contributed by atoms with Crippen LogP contribution in [0.4, 0.5) is 0 Å². The Bertz CT molecular complexity index is 603. The standard InChI is InChI=1S/C30H55NO6/c1-5-9-10-11-12-13-14-15-16-17-18-19-20-21-31(22-25(6-2)28(32)33,23-26(7-3)29(34)35)24-27(8-4)30(36)37/h11-12,25-27H,5-10,13-24H2,1-4H3,(H2-,32,33,34,35,36,37)/b12-11+. The fourth-order valence-electron chi connectivity index (χ4n) is 5.18. The van der Waals surface area contributed by atoms with E-state index in [1.54, 1.807) is 6.92 Å². The van der Waals surface area contributed by atoms with Crippen LogP contribution < -0.4 is 5.11 Å². The summed E-state index contributed by atoms with van der Waals surface area (Å²) >= 11 is 0. The number of carbonyl (C=O) groups excluding carboxylic acids is 1. The SMILES string of the molecule is CCCC/C=C/CCCCCCCCC[N+](CC(CC)C(=O)[O-])(CC(CC)C(=O)O)CC(CC)C(=O)O. The molecule has 0 saturated heterocycles. The number of quaternary nitrogens is 1. The number of rotatable bonds is 25. The maximum atomic E-state index is 11.9. The molecule has 0 rings (SSSR count). The summed E-state index contributed by atoms with van der Waals surface area (Å²) < 4.78 is 0.215. The van der Waals surface area contributed by atoms with Crippen LogP contribution in [0.5, 0.6) is 0 Å². The van der Waals surface area contributed by atoms with Crippen LogP contribution in [-0.2, 0) is 14.4 Å². The number of carboxylic acids is 3. The molecule has 0 saturated carbocycles. The third-order valence-electron chi connectivity index (χ3n) is 7.73. The number of aliphatic carboxylic acids is 3. The van der Waals surface area contributed by atoms with Crippen LogP contribution in [-0.4, -0.2) is 58.8 Å². The van der Waals surface area contributed by atoms with Crippen molar-refractivity contribution in [3.63, 3.8) is 0 Å². The molecule has 7 heteroatoms. The molecule has 0 aromatic heterocycles. The first kappa shape index (κ1) is 35.1. The third-order valence-corrected chi connectivity index (χ3v) is 7.73. The predicted molar refractivity (Wildman–Crippen MR) is 147 cm³/mol. The minimum Gasteiger partial charge on any atom is -0.550 e. The van der Waals surface area contributed by atoms with E-state index < -0.39 is 35.7 Å². The van der Waals surface area contributed by atoms with E-state index in [9.17, 15) is 29.7 Å². The van der Waals surface area contributed by atoms with E-state index in [0.717, 1.165) is 32.1 Å². The molecule has 0 radical (unpaired) electrons. The molecular weight excluding hydrogens is 470 g/mol. The molecule has 0 spiro atoms. The Morgan fingerprint density at radius 1 is 0.649 bits per heavy atom. The van der Waals surface area contributed by atoms with Crippen LogP contribution >= 0.6 is 0 Å². The van der Waals surface area contributed by atoms with Crippen LogP contribution in [0.3, 0.4) is 0 Å². The number of allylic oxidation sites excluding steroid dienone is 2. The lowest BCUT2D eigenvalue weighted by Crippen LogP contribution is -2.59. The van der Waals surface area contributed by atoms with E-state index in [4.69, 9.17) is 0 Å². The molecule has 0 aliphatic carbocycles. The van der Waals surface area contributed by atoms with Gasteiger partial charge in [0.15, 0.2) is 0 Å². The molecule has 0 aliphatic rings. The highest BCUT2D eigenvalue weighted by Crippen LogP contribution is 2.25. The van der Waals surface area contributed by atoms with Gasteiger partial charge in [0.05, 0.1) is 32.1 Å².